The first kappa shape index (κ1) is 22.3. The summed E-state index contributed by atoms with van der Waals surface area (Å²) in [6.45, 7) is 0. The molecule has 0 saturated heterocycles. The summed E-state index contributed by atoms with van der Waals surface area (Å²) in [5.74, 6) is -18.2. The van der Waals surface area contributed by atoms with Crippen molar-refractivity contribution in [2.24, 2.45) is 0 Å². The van der Waals surface area contributed by atoms with Crippen LogP contribution in [0.2, 0.25) is 0 Å². The summed E-state index contributed by atoms with van der Waals surface area (Å²) in [7, 11) is 0.277. The van der Waals surface area contributed by atoms with Crippen LogP contribution in [0.25, 0.3) is 0 Å². The van der Waals surface area contributed by atoms with Gasteiger partial charge >= 0.3 is 36.0 Å². The first-order valence-electron chi connectivity index (χ1n) is 5.29. The van der Waals surface area contributed by atoms with Crippen LogP contribution >= 0.6 is 12.2 Å². The Bertz CT molecular complexity index is 495. The van der Waals surface area contributed by atoms with Gasteiger partial charge in [0.25, 0.3) is 0 Å². The molecule has 0 radical (unpaired) electrons. The Morgan fingerprint density at radius 3 is 1.04 bits per heavy atom. The number of hydrogen-bond acceptors (Lipinski definition) is 3. The molecule has 2 amide bonds. The highest BCUT2D eigenvalue weighted by Gasteiger charge is 2.66. The Labute approximate surface area is 132 Å². The molecule has 0 aromatic carbocycles. The topological polar surface area (TPSA) is 40.6 Å². The van der Waals surface area contributed by atoms with Crippen molar-refractivity contribution in [2.45, 2.75) is 24.2 Å². The van der Waals surface area contributed by atoms with Crippen molar-refractivity contribution >= 4 is 29.1 Å². The fourth-order valence-corrected chi connectivity index (χ4v) is 1.23. The Morgan fingerprint density at radius 1 is 0.667 bits per heavy atom. The van der Waals surface area contributed by atoms with E-state index in [4.69, 9.17) is 0 Å². The zero-order chi connectivity index (χ0) is 19.9. The average molecular weight is 396 g/mol. The molecule has 0 aliphatic heterocycles. The van der Waals surface area contributed by atoms with Gasteiger partial charge in [0.15, 0.2) is 5.11 Å². The lowest BCUT2D eigenvalue weighted by atomic mass is 10.2. The quantitative estimate of drug-likeness (QED) is 0.532. The second kappa shape index (κ2) is 6.33. The Hall–Kier alpha value is -1.67. The van der Waals surface area contributed by atoms with Crippen molar-refractivity contribution in [2.75, 3.05) is 14.1 Å². The summed E-state index contributed by atoms with van der Waals surface area (Å²) < 4.78 is 123. The molecular weight excluding hydrogens is 390 g/mol. The van der Waals surface area contributed by atoms with E-state index < -0.39 is 50.9 Å². The van der Waals surface area contributed by atoms with Gasteiger partial charge in [-0.3, -0.25) is 19.4 Å². The van der Waals surface area contributed by atoms with Crippen molar-refractivity contribution in [1.29, 1.82) is 0 Å². The highest BCUT2D eigenvalue weighted by molar-refractivity contribution is 7.80. The predicted molar refractivity (Wildman–Crippen MR) is 60.1 cm³/mol. The summed E-state index contributed by atoms with van der Waals surface area (Å²) in [5.41, 5.74) is 0. The van der Waals surface area contributed by atoms with Gasteiger partial charge in [0.1, 0.15) is 0 Å². The van der Waals surface area contributed by atoms with Crippen LogP contribution in [-0.2, 0) is 9.59 Å². The van der Waals surface area contributed by atoms with Gasteiger partial charge in [0, 0.05) is 14.1 Å². The van der Waals surface area contributed by atoms with Crippen molar-refractivity contribution in [3.8, 4) is 0 Å². The van der Waals surface area contributed by atoms with Crippen molar-refractivity contribution in [3.63, 3.8) is 0 Å². The number of halogens is 10. The Kier molecular flexibility index (Phi) is 5.89. The van der Waals surface area contributed by atoms with Gasteiger partial charge in [0.05, 0.1) is 0 Å². The number of amides is 2. The maximum Gasteiger partial charge on any atom is 0.463 e. The van der Waals surface area contributed by atoms with Gasteiger partial charge in [-0.05, 0) is 12.2 Å². The molecule has 4 nitrogen and oxygen atoms in total. The zero-order valence-corrected chi connectivity index (χ0v) is 12.2. The largest absolute Gasteiger partial charge is 0.463 e. The van der Waals surface area contributed by atoms with E-state index in [0.29, 0.717) is 0 Å². The molecule has 24 heavy (non-hydrogen) atoms. The molecule has 0 saturated carbocycles. The highest BCUT2D eigenvalue weighted by Crippen LogP contribution is 2.38. The van der Waals surface area contributed by atoms with Crippen LogP contribution in [0.4, 0.5) is 43.9 Å². The standard InChI is InChI=1S/C9H6F10N2O2S/c1-20(3(22)6(10,11)8(14,15)16)5(24)21(2)4(23)7(12,13)9(17,18)19/h1-2H3. The molecule has 0 aromatic heterocycles. The SMILES string of the molecule is CN(C(=O)C(F)(F)C(F)(F)F)C(=S)N(C)C(=O)C(F)(F)C(F)(F)F. The predicted octanol–water partition coefficient (Wildman–Crippen LogP) is 2.58. The van der Waals surface area contributed by atoms with Crippen LogP contribution in [-0.4, -0.2) is 65.0 Å². The minimum Gasteiger partial charge on any atom is -0.286 e. The second-order valence-electron chi connectivity index (χ2n) is 4.16. The van der Waals surface area contributed by atoms with Gasteiger partial charge in [-0.15, -0.1) is 0 Å². The summed E-state index contributed by atoms with van der Waals surface area (Å²) in [5, 5.41) is -1.72. The molecule has 0 fully saturated rings. The number of thiocarbonyl (C=S) groups is 1. The van der Waals surface area contributed by atoms with Crippen molar-refractivity contribution in [3.05, 3.63) is 0 Å². The van der Waals surface area contributed by atoms with E-state index in [1.807, 2.05) is 0 Å². The fourth-order valence-electron chi connectivity index (χ4n) is 1.06. The maximum atomic E-state index is 12.8. The van der Waals surface area contributed by atoms with Crippen molar-refractivity contribution in [1.82, 2.24) is 9.80 Å². The third-order valence-corrected chi connectivity index (χ3v) is 2.98. The van der Waals surface area contributed by atoms with Gasteiger partial charge < -0.3 is 0 Å². The number of alkyl halides is 10. The molecule has 0 unspecified atom stereocenters. The van der Waals surface area contributed by atoms with E-state index in [-0.39, 0.29) is 14.1 Å². The van der Waals surface area contributed by atoms with Crippen LogP contribution in [0.15, 0.2) is 0 Å². The van der Waals surface area contributed by atoms with Crippen LogP contribution in [0.5, 0.6) is 0 Å². The van der Waals surface area contributed by atoms with Crippen LogP contribution in [0.1, 0.15) is 0 Å². The molecule has 0 aromatic rings. The summed E-state index contributed by atoms with van der Waals surface area (Å²) in [4.78, 5) is 20.6. The fraction of sp³-hybridized carbons (Fsp3) is 0.667. The molecule has 0 rings (SSSR count). The summed E-state index contributed by atoms with van der Waals surface area (Å²) in [6.07, 6.45) is -12.8. The molecule has 0 atom stereocenters. The third kappa shape index (κ3) is 3.87. The molecule has 15 heteroatoms. The normalized spacial score (nSPS) is 13.5. The van der Waals surface area contributed by atoms with E-state index >= 15 is 0 Å². The molecule has 0 heterocycles. The zero-order valence-electron chi connectivity index (χ0n) is 11.4. The maximum absolute atomic E-state index is 12.8. The number of rotatable bonds is 2. The lowest BCUT2D eigenvalue weighted by Gasteiger charge is -2.30. The molecular formula is C9H6F10N2O2S. The van der Waals surface area contributed by atoms with E-state index in [9.17, 15) is 53.5 Å². The molecule has 0 aliphatic carbocycles. The number of hydrogen-bond donors (Lipinski definition) is 0. The van der Waals surface area contributed by atoms with Gasteiger partial charge in [-0.1, -0.05) is 0 Å². The lowest BCUT2D eigenvalue weighted by molar-refractivity contribution is -0.273. The summed E-state index contributed by atoms with van der Waals surface area (Å²) >= 11 is 4.04. The molecule has 0 bridgehead atoms. The van der Waals surface area contributed by atoms with E-state index in [1.54, 1.807) is 0 Å². The van der Waals surface area contributed by atoms with Gasteiger partial charge in [-0.25, -0.2) is 0 Å². The van der Waals surface area contributed by atoms with E-state index in [0.717, 1.165) is 0 Å². The Morgan fingerprint density at radius 2 is 0.875 bits per heavy atom. The number of nitrogens with zero attached hydrogens (tertiary/aromatic N) is 2. The Balaban J connectivity index is 5.51. The lowest BCUT2D eigenvalue weighted by Crippen LogP contribution is -2.58. The average Bonchev–Trinajstić information content (AvgIpc) is 2.40. The van der Waals surface area contributed by atoms with Crippen molar-refractivity contribution < 1.29 is 53.5 Å². The monoisotopic (exact) mass is 396 g/mol. The molecule has 0 N–H and O–H groups in total. The molecule has 0 aliphatic rings. The van der Waals surface area contributed by atoms with Crippen LogP contribution in [0.3, 0.4) is 0 Å². The van der Waals surface area contributed by atoms with Gasteiger partial charge in [0.2, 0.25) is 0 Å². The van der Waals surface area contributed by atoms with E-state index in [1.165, 1.54) is 0 Å². The smallest absolute Gasteiger partial charge is 0.286 e. The third-order valence-electron chi connectivity index (χ3n) is 2.43. The molecule has 0 spiro atoms. The van der Waals surface area contributed by atoms with E-state index in [2.05, 4.69) is 12.2 Å². The first-order valence-corrected chi connectivity index (χ1v) is 5.70. The first-order chi connectivity index (χ1) is 10.3. The van der Waals surface area contributed by atoms with Crippen LogP contribution < -0.4 is 0 Å². The number of carbonyl (C=O) groups is 2. The second-order valence-corrected chi connectivity index (χ2v) is 4.52. The summed E-state index contributed by atoms with van der Waals surface area (Å²) in [6, 6.07) is 0. The van der Waals surface area contributed by atoms with Gasteiger partial charge in [-0.2, -0.15) is 43.9 Å². The highest BCUT2D eigenvalue weighted by atomic mass is 32.1. The van der Waals surface area contributed by atoms with Crippen LogP contribution in [0, 0.1) is 0 Å². The minimum atomic E-state index is -6.38. The molecule has 140 valence electrons. The minimum absolute atomic E-state index is 0.139. The number of carbonyl (C=O) groups excluding carboxylic acids is 2.